The highest BCUT2D eigenvalue weighted by Crippen LogP contribution is 2.17. The van der Waals surface area contributed by atoms with Crippen molar-refractivity contribution in [2.75, 3.05) is 0 Å². The van der Waals surface area contributed by atoms with Gasteiger partial charge in [-0.15, -0.1) is 0 Å². The molecule has 0 saturated heterocycles. The molecule has 0 fully saturated rings. The van der Waals surface area contributed by atoms with Gasteiger partial charge >= 0.3 is 6.61 Å². The minimum atomic E-state index is -2.81. The Hall–Kier alpha value is -2.01. The lowest BCUT2D eigenvalue weighted by atomic mass is 10.1. The summed E-state index contributed by atoms with van der Waals surface area (Å²) in [5.41, 5.74) is 1.93. The zero-order chi connectivity index (χ0) is 15.2. The van der Waals surface area contributed by atoms with Crippen LogP contribution < -0.4 is 10.1 Å². The molecule has 0 radical (unpaired) electrons. The Morgan fingerprint density at radius 1 is 1.00 bits per heavy atom. The minimum Gasteiger partial charge on any atom is -0.435 e. The van der Waals surface area contributed by atoms with E-state index in [4.69, 9.17) is 0 Å². The van der Waals surface area contributed by atoms with Crippen molar-refractivity contribution in [3.05, 3.63) is 65.5 Å². The van der Waals surface area contributed by atoms with Gasteiger partial charge in [0.1, 0.15) is 11.6 Å². The molecule has 0 spiro atoms. The minimum absolute atomic E-state index is 0.0580. The summed E-state index contributed by atoms with van der Waals surface area (Å²) in [6, 6.07) is 12.8. The fraction of sp³-hybridized carbons (Fsp3) is 0.250. The van der Waals surface area contributed by atoms with Crippen molar-refractivity contribution in [1.82, 2.24) is 5.32 Å². The molecule has 0 heterocycles. The molecular formula is C16H16F3NO. The first-order valence-corrected chi connectivity index (χ1v) is 6.57. The number of alkyl halides is 2. The summed E-state index contributed by atoms with van der Waals surface area (Å²) >= 11 is 0. The lowest BCUT2D eigenvalue weighted by Gasteiger charge is -2.14. The molecule has 2 aromatic carbocycles. The molecule has 0 saturated carbocycles. The number of benzene rings is 2. The molecule has 0 aliphatic carbocycles. The Bertz CT molecular complexity index is 555. The third-order valence-electron chi connectivity index (χ3n) is 3.13. The lowest BCUT2D eigenvalue weighted by Crippen LogP contribution is -2.18. The zero-order valence-electron chi connectivity index (χ0n) is 11.5. The van der Waals surface area contributed by atoms with Crippen LogP contribution in [0.25, 0.3) is 0 Å². The molecule has 1 N–H and O–H groups in total. The van der Waals surface area contributed by atoms with Crippen LogP contribution in [0.1, 0.15) is 24.1 Å². The van der Waals surface area contributed by atoms with Gasteiger partial charge in [-0.3, -0.25) is 0 Å². The number of rotatable bonds is 6. The van der Waals surface area contributed by atoms with E-state index in [9.17, 15) is 13.2 Å². The molecule has 5 heteroatoms. The van der Waals surface area contributed by atoms with E-state index in [0.717, 1.165) is 11.1 Å². The van der Waals surface area contributed by atoms with E-state index in [1.807, 2.05) is 6.92 Å². The van der Waals surface area contributed by atoms with Crippen LogP contribution in [0.5, 0.6) is 5.75 Å². The Balaban J connectivity index is 1.88. The fourth-order valence-electron chi connectivity index (χ4n) is 1.93. The summed E-state index contributed by atoms with van der Waals surface area (Å²) in [6.45, 7) is -0.262. The molecule has 21 heavy (non-hydrogen) atoms. The van der Waals surface area contributed by atoms with Gasteiger partial charge in [-0.25, -0.2) is 4.39 Å². The summed E-state index contributed by atoms with van der Waals surface area (Å²) < 4.78 is 41.2. The van der Waals surface area contributed by atoms with Gasteiger partial charge in [-0.05, 0) is 42.3 Å². The molecule has 2 aromatic rings. The second-order valence-electron chi connectivity index (χ2n) is 4.68. The first-order chi connectivity index (χ1) is 10.0. The summed E-state index contributed by atoms with van der Waals surface area (Å²) in [5.74, 6) is -0.124. The Labute approximate surface area is 121 Å². The maximum absolute atomic E-state index is 12.8. The fourth-order valence-corrected chi connectivity index (χ4v) is 1.93. The van der Waals surface area contributed by atoms with Crippen LogP contribution in [0.15, 0.2) is 48.5 Å². The summed E-state index contributed by atoms with van der Waals surface area (Å²) in [5, 5.41) is 3.28. The van der Waals surface area contributed by atoms with Gasteiger partial charge in [0, 0.05) is 12.6 Å². The first kappa shape index (κ1) is 15.4. The van der Waals surface area contributed by atoms with Crippen LogP contribution in [0.2, 0.25) is 0 Å². The Morgan fingerprint density at radius 2 is 1.62 bits per heavy atom. The van der Waals surface area contributed by atoms with Gasteiger partial charge in [0.15, 0.2) is 0 Å². The monoisotopic (exact) mass is 295 g/mol. The average molecular weight is 295 g/mol. The van der Waals surface area contributed by atoms with Crippen molar-refractivity contribution in [2.24, 2.45) is 0 Å². The van der Waals surface area contributed by atoms with Crippen LogP contribution in [0, 0.1) is 5.82 Å². The van der Waals surface area contributed by atoms with E-state index in [2.05, 4.69) is 10.1 Å². The van der Waals surface area contributed by atoms with Crippen LogP contribution in [0.3, 0.4) is 0 Å². The van der Waals surface area contributed by atoms with Gasteiger partial charge in [-0.1, -0.05) is 24.3 Å². The SMILES string of the molecule is C[C@@H](NCc1ccc(OC(F)F)cc1)c1ccc(F)cc1. The van der Waals surface area contributed by atoms with E-state index in [1.165, 1.54) is 24.3 Å². The van der Waals surface area contributed by atoms with Crippen LogP contribution in [-0.2, 0) is 6.54 Å². The summed E-state index contributed by atoms with van der Waals surface area (Å²) in [6.07, 6.45) is 0. The molecule has 112 valence electrons. The zero-order valence-corrected chi connectivity index (χ0v) is 11.5. The number of hydrogen-bond donors (Lipinski definition) is 1. The van der Waals surface area contributed by atoms with E-state index >= 15 is 0 Å². The standard InChI is InChI=1S/C16H16F3NO/c1-11(13-4-6-14(17)7-5-13)20-10-12-2-8-15(9-3-12)21-16(18)19/h2-9,11,16,20H,10H2,1H3/t11-/m1/s1. The van der Waals surface area contributed by atoms with Gasteiger partial charge in [0.2, 0.25) is 0 Å². The number of ether oxygens (including phenoxy) is 1. The molecule has 2 nitrogen and oxygen atoms in total. The molecule has 0 unspecified atom stereocenters. The number of halogens is 3. The number of hydrogen-bond acceptors (Lipinski definition) is 2. The van der Waals surface area contributed by atoms with Crippen molar-refractivity contribution in [1.29, 1.82) is 0 Å². The van der Waals surface area contributed by atoms with Crippen molar-refractivity contribution >= 4 is 0 Å². The van der Waals surface area contributed by atoms with Gasteiger partial charge in [-0.2, -0.15) is 8.78 Å². The summed E-state index contributed by atoms with van der Waals surface area (Å²) in [7, 11) is 0. The predicted molar refractivity (Wildman–Crippen MR) is 74.7 cm³/mol. The molecule has 0 aromatic heterocycles. The highest BCUT2D eigenvalue weighted by atomic mass is 19.3. The number of nitrogens with one attached hydrogen (secondary N) is 1. The quantitative estimate of drug-likeness (QED) is 0.859. The topological polar surface area (TPSA) is 21.3 Å². The van der Waals surface area contributed by atoms with E-state index in [-0.39, 0.29) is 17.6 Å². The first-order valence-electron chi connectivity index (χ1n) is 6.57. The van der Waals surface area contributed by atoms with Crippen molar-refractivity contribution in [2.45, 2.75) is 26.1 Å². The smallest absolute Gasteiger partial charge is 0.387 e. The van der Waals surface area contributed by atoms with Gasteiger partial charge in [0.05, 0.1) is 0 Å². The molecule has 0 amide bonds. The van der Waals surface area contributed by atoms with Gasteiger partial charge in [0.25, 0.3) is 0 Å². The molecule has 1 atom stereocenters. The third-order valence-corrected chi connectivity index (χ3v) is 3.13. The van der Waals surface area contributed by atoms with Crippen LogP contribution >= 0.6 is 0 Å². The largest absolute Gasteiger partial charge is 0.435 e. The molecule has 2 rings (SSSR count). The molecule has 0 aliphatic rings. The van der Waals surface area contributed by atoms with E-state index in [0.29, 0.717) is 6.54 Å². The van der Waals surface area contributed by atoms with Crippen molar-refractivity contribution < 1.29 is 17.9 Å². The van der Waals surface area contributed by atoms with Gasteiger partial charge < -0.3 is 10.1 Å². The summed E-state index contributed by atoms with van der Waals surface area (Å²) in [4.78, 5) is 0. The maximum atomic E-state index is 12.8. The van der Waals surface area contributed by atoms with E-state index < -0.39 is 6.61 Å². The predicted octanol–water partition coefficient (Wildman–Crippen LogP) is 4.28. The van der Waals surface area contributed by atoms with Crippen LogP contribution in [-0.4, -0.2) is 6.61 Å². The average Bonchev–Trinajstić information content (AvgIpc) is 2.46. The highest BCUT2D eigenvalue weighted by molar-refractivity contribution is 5.27. The molecule has 0 bridgehead atoms. The normalized spacial score (nSPS) is 12.4. The Morgan fingerprint density at radius 3 is 2.19 bits per heavy atom. The molecular weight excluding hydrogens is 279 g/mol. The third kappa shape index (κ3) is 4.79. The van der Waals surface area contributed by atoms with Crippen molar-refractivity contribution in [3.8, 4) is 5.75 Å². The van der Waals surface area contributed by atoms with Crippen LogP contribution in [0.4, 0.5) is 13.2 Å². The Kier molecular flexibility index (Phi) is 5.22. The second-order valence-corrected chi connectivity index (χ2v) is 4.68. The maximum Gasteiger partial charge on any atom is 0.387 e. The molecule has 0 aliphatic heterocycles. The van der Waals surface area contributed by atoms with Crippen molar-refractivity contribution in [3.63, 3.8) is 0 Å². The second kappa shape index (κ2) is 7.13. The lowest BCUT2D eigenvalue weighted by molar-refractivity contribution is -0.0498. The van der Waals surface area contributed by atoms with E-state index in [1.54, 1.807) is 24.3 Å². The highest BCUT2D eigenvalue weighted by Gasteiger charge is 2.06.